The van der Waals surface area contributed by atoms with Gasteiger partial charge in [-0.25, -0.2) is 0 Å². The lowest BCUT2D eigenvalue weighted by Crippen LogP contribution is -2.20. The smallest absolute Gasteiger partial charge is 0.298 e. The second-order valence-electron chi connectivity index (χ2n) is 6.58. The minimum absolute atomic E-state index is 0.229. The number of fused-ring (bicyclic) bond motifs is 1. The zero-order valence-corrected chi connectivity index (χ0v) is 15.6. The first-order valence-corrected chi connectivity index (χ1v) is 9.20. The van der Waals surface area contributed by atoms with Crippen molar-refractivity contribution in [1.29, 1.82) is 0 Å². The molecule has 1 atom stereocenters. The molecule has 4 nitrogen and oxygen atoms in total. The molecule has 5 heteroatoms. The van der Waals surface area contributed by atoms with Crippen LogP contribution in [-0.4, -0.2) is 14.9 Å². The fraction of sp³-hybridized carbons (Fsp3) is 0.300. The molecule has 3 rings (SSSR count). The Hall–Kier alpha value is -2.27. The van der Waals surface area contributed by atoms with Crippen molar-refractivity contribution in [3.8, 4) is 0 Å². The number of hydrogen-bond acceptors (Lipinski definition) is 3. The van der Waals surface area contributed by atoms with E-state index in [-0.39, 0.29) is 16.1 Å². The van der Waals surface area contributed by atoms with Crippen molar-refractivity contribution in [2.75, 3.05) is 4.90 Å². The highest BCUT2D eigenvalue weighted by Crippen LogP contribution is 2.38. The van der Waals surface area contributed by atoms with Crippen LogP contribution in [0, 0.1) is 0 Å². The standard InChI is InChI=1S/C20H22N2O2S/c1-13(2)7-5-8-14(3)21-12-11-16-17(21)9-6-10-18(16)22-15(4)19(23)25-20(22)24/h6-7,9-12,14H,4-5,8H2,1-3H3. The van der Waals surface area contributed by atoms with E-state index in [4.69, 9.17) is 0 Å². The van der Waals surface area contributed by atoms with E-state index >= 15 is 0 Å². The lowest BCUT2D eigenvalue weighted by atomic mass is 10.1. The van der Waals surface area contributed by atoms with Gasteiger partial charge in [-0.3, -0.25) is 14.5 Å². The summed E-state index contributed by atoms with van der Waals surface area (Å²) in [6, 6.07) is 8.19. The minimum atomic E-state index is -0.285. The van der Waals surface area contributed by atoms with Gasteiger partial charge in [-0.1, -0.05) is 24.3 Å². The number of amides is 1. The number of carbonyl (C=O) groups excluding carboxylic acids is 2. The highest BCUT2D eigenvalue weighted by atomic mass is 32.2. The number of hydrogen-bond donors (Lipinski definition) is 0. The van der Waals surface area contributed by atoms with Gasteiger partial charge in [0.1, 0.15) is 0 Å². The molecule has 1 amide bonds. The van der Waals surface area contributed by atoms with Gasteiger partial charge in [0, 0.05) is 29.4 Å². The zero-order valence-electron chi connectivity index (χ0n) is 14.8. The van der Waals surface area contributed by atoms with E-state index in [1.54, 1.807) is 0 Å². The van der Waals surface area contributed by atoms with E-state index in [9.17, 15) is 9.59 Å². The third kappa shape index (κ3) is 3.29. The molecule has 0 saturated carbocycles. The summed E-state index contributed by atoms with van der Waals surface area (Å²) >= 11 is 0.702. The van der Waals surface area contributed by atoms with Crippen molar-refractivity contribution in [2.24, 2.45) is 0 Å². The van der Waals surface area contributed by atoms with E-state index in [0.717, 1.165) is 29.4 Å². The lowest BCUT2D eigenvalue weighted by Gasteiger charge is -2.18. The summed E-state index contributed by atoms with van der Waals surface area (Å²) in [5, 5.41) is 0.393. The first-order valence-electron chi connectivity index (χ1n) is 8.38. The van der Waals surface area contributed by atoms with Gasteiger partial charge in [0.2, 0.25) is 5.12 Å². The molecule has 1 unspecified atom stereocenters. The van der Waals surface area contributed by atoms with Crippen LogP contribution in [0.2, 0.25) is 0 Å². The molecule has 1 saturated heterocycles. The van der Waals surface area contributed by atoms with E-state index in [2.05, 4.69) is 50.3 Å². The van der Waals surface area contributed by atoms with Crippen LogP contribution in [0.25, 0.3) is 10.9 Å². The number of allylic oxidation sites excluding steroid dienone is 2. The van der Waals surface area contributed by atoms with Crippen molar-refractivity contribution < 1.29 is 9.59 Å². The Morgan fingerprint density at radius 2 is 2.04 bits per heavy atom. The monoisotopic (exact) mass is 354 g/mol. The van der Waals surface area contributed by atoms with Crippen molar-refractivity contribution in [3.05, 3.63) is 54.4 Å². The fourth-order valence-electron chi connectivity index (χ4n) is 3.13. The summed E-state index contributed by atoms with van der Waals surface area (Å²) in [5.74, 6) is 0. The lowest BCUT2D eigenvalue weighted by molar-refractivity contribution is -0.107. The fourth-order valence-corrected chi connectivity index (χ4v) is 3.80. The quantitative estimate of drug-likeness (QED) is 0.514. The summed E-state index contributed by atoms with van der Waals surface area (Å²) < 4.78 is 2.23. The Morgan fingerprint density at radius 3 is 2.68 bits per heavy atom. The average molecular weight is 354 g/mol. The summed E-state index contributed by atoms with van der Waals surface area (Å²) in [4.78, 5) is 25.4. The molecule has 25 heavy (non-hydrogen) atoms. The van der Waals surface area contributed by atoms with Crippen LogP contribution in [-0.2, 0) is 4.79 Å². The van der Waals surface area contributed by atoms with Gasteiger partial charge in [-0.15, -0.1) is 0 Å². The number of carbonyl (C=O) groups is 2. The molecule has 2 heterocycles. The third-order valence-corrected chi connectivity index (χ3v) is 5.24. The van der Waals surface area contributed by atoms with Crippen LogP contribution in [0.1, 0.15) is 39.7 Å². The van der Waals surface area contributed by atoms with Crippen LogP contribution >= 0.6 is 11.8 Å². The van der Waals surface area contributed by atoms with Gasteiger partial charge in [0.05, 0.1) is 16.9 Å². The first-order chi connectivity index (χ1) is 11.9. The van der Waals surface area contributed by atoms with Crippen molar-refractivity contribution >= 4 is 38.7 Å². The van der Waals surface area contributed by atoms with E-state index in [1.807, 2.05) is 18.2 Å². The highest BCUT2D eigenvalue weighted by Gasteiger charge is 2.35. The predicted molar refractivity (Wildman–Crippen MR) is 105 cm³/mol. The van der Waals surface area contributed by atoms with Crippen LogP contribution in [0.15, 0.2) is 54.4 Å². The third-order valence-electron chi connectivity index (χ3n) is 4.46. The number of thioether (sulfide) groups is 1. The number of anilines is 1. The zero-order chi connectivity index (χ0) is 18.1. The molecule has 0 N–H and O–H groups in total. The van der Waals surface area contributed by atoms with Crippen molar-refractivity contribution in [3.63, 3.8) is 0 Å². The van der Waals surface area contributed by atoms with Gasteiger partial charge >= 0.3 is 0 Å². The molecule has 1 aliphatic rings. The van der Waals surface area contributed by atoms with Gasteiger partial charge in [0.15, 0.2) is 0 Å². The van der Waals surface area contributed by atoms with Gasteiger partial charge < -0.3 is 4.57 Å². The van der Waals surface area contributed by atoms with E-state index in [1.165, 1.54) is 10.5 Å². The van der Waals surface area contributed by atoms with E-state index < -0.39 is 0 Å². The Morgan fingerprint density at radius 1 is 1.28 bits per heavy atom. The van der Waals surface area contributed by atoms with E-state index in [0.29, 0.717) is 17.8 Å². The molecule has 0 spiro atoms. The topological polar surface area (TPSA) is 42.3 Å². The normalized spacial score (nSPS) is 16.0. The number of rotatable bonds is 5. The minimum Gasteiger partial charge on any atom is -0.345 e. The number of benzene rings is 1. The Balaban J connectivity index is 1.95. The summed E-state index contributed by atoms with van der Waals surface area (Å²) in [6.07, 6.45) is 6.39. The summed E-state index contributed by atoms with van der Waals surface area (Å²) in [7, 11) is 0. The molecule has 0 bridgehead atoms. The van der Waals surface area contributed by atoms with Crippen molar-refractivity contribution in [1.82, 2.24) is 4.57 Å². The second-order valence-corrected chi connectivity index (χ2v) is 7.50. The van der Waals surface area contributed by atoms with Gasteiger partial charge in [0.25, 0.3) is 5.24 Å². The molecule has 1 aromatic heterocycles. The Labute approximate surface area is 152 Å². The largest absolute Gasteiger partial charge is 0.345 e. The van der Waals surface area contributed by atoms with Crippen LogP contribution < -0.4 is 4.90 Å². The average Bonchev–Trinajstić information content (AvgIpc) is 3.08. The maximum atomic E-state index is 12.2. The SMILES string of the molecule is C=C1C(=O)SC(=O)N1c1cccc2c1ccn2C(C)CCC=C(C)C. The molecule has 1 fully saturated rings. The molecule has 130 valence electrons. The molecule has 1 aromatic carbocycles. The number of aromatic nitrogens is 1. The molecular formula is C20H22N2O2S. The molecule has 0 radical (unpaired) electrons. The molecular weight excluding hydrogens is 332 g/mol. The van der Waals surface area contributed by atoms with Crippen LogP contribution in [0.5, 0.6) is 0 Å². The molecule has 2 aromatic rings. The summed E-state index contributed by atoms with van der Waals surface area (Å²) in [6.45, 7) is 10.2. The predicted octanol–water partition coefficient (Wildman–Crippen LogP) is 5.66. The number of nitrogens with zero attached hydrogens (tertiary/aromatic N) is 2. The molecule has 1 aliphatic heterocycles. The Kier molecular flexibility index (Phi) is 4.86. The Bertz CT molecular complexity index is 890. The molecule has 0 aliphatic carbocycles. The second kappa shape index (κ2) is 6.92. The maximum absolute atomic E-state index is 12.2. The maximum Gasteiger partial charge on any atom is 0.298 e. The van der Waals surface area contributed by atoms with Crippen LogP contribution in [0.4, 0.5) is 10.5 Å². The first kappa shape index (κ1) is 17.5. The van der Waals surface area contributed by atoms with Gasteiger partial charge in [-0.2, -0.15) is 0 Å². The van der Waals surface area contributed by atoms with Gasteiger partial charge in [-0.05, 0) is 51.8 Å². The highest BCUT2D eigenvalue weighted by molar-refractivity contribution is 8.27. The van der Waals surface area contributed by atoms with Crippen LogP contribution in [0.3, 0.4) is 0 Å². The summed E-state index contributed by atoms with van der Waals surface area (Å²) in [5.41, 5.74) is 3.35. The van der Waals surface area contributed by atoms with Crippen molar-refractivity contribution in [2.45, 2.75) is 39.7 Å².